The van der Waals surface area contributed by atoms with E-state index < -0.39 is 0 Å². The largest absolute Gasteiger partial charge is 0.332 e. The zero-order valence-corrected chi connectivity index (χ0v) is 21.6. The molecule has 34 heavy (non-hydrogen) atoms. The predicted molar refractivity (Wildman–Crippen MR) is 138 cm³/mol. The van der Waals surface area contributed by atoms with E-state index in [1.54, 1.807) is 25.0 Å². The number of imidazole rings is 1. The van der Waals surface area contributed by atoms with Crippen LogP contribution in [0.15, 0.2) is 15.9 Å². The van der Waals surface area contributed by atoms with Crippen molar-refractivity contribution in [1.82, 2.24) is 24.0 Å². The van der Waals surface area contributed by atoms with Crippen LogP contribution in [0.25, 0.3) is 11.2 Å². The molecule has 0 aromatic carbocycles. The van der Waals surface area contributed by atoms with Crippen LogP contribution >= 0.6 is 0 Å². The van der Waals surface area contributed by atoms with Crippen molar-refractivity contribution in [3.8, 4) is 0 Å². The van der Waals surface area contributed by atoms with Crippen molar-refractivity contribution in [3.05, 3.63) is 27.2 Å². The van der Waals surface area contributed by atoms with E-state index in [1.165, 1.54) is 41.2 Å². The minimum absolute atomic E-state index is 0.260. The average molecular weight is 476 g/mol. The molecule has 192 valence electrons. The summed E-state index contributed by atoms with van der Waals surface area (Å²) < 4.78 is 4.45. The number of ketones is 1. The normalized spacial score (nSPS) is 11.5. The molecule has 0 unspecified atom stereocenters. The fourth-order valence-electron chi connectivity index (χ4n) is 4.42. The Morgan fingerprint density at radius 1 is 0.882 bits per heavy atom. The van der Waals surface area contributed by atoms with Gasteiger partial charge in [0.25, 0.3) is 5.56 Å². The SMILES string of the molecule is CCCCCCCCNCC(=O)CCCCCCCCCn1c(=O)c2c(ncn2C)n(C)c1=O. The number of rotatable bonds is 19. The minimum atomic E-state index is -0.303. The van der Waals surface area contributed by atoms with Crippen molar-refractivity contribution in [2.45, 2.75) is 103 Å². The third kappa shape index (κ3) is 8.85. The molecule has 0 saturated carbocycles. The van der Waals surface area contributed by atoms with Crippen molar-refractivity contribution in [2.24, 2.45) is 14.1 Å². The lowest BCUT2D eigenvalue weighted by atomic mass is 10.1. The minimum Gasteiger partial charge on any atom is -0.328 e. The van der Waals surface area contributed by atoms with Gasteiger partial charge >= 0.3 is 5.69 Å². The highest BCUT2D eigenvalue weighted by Crippen LogP contribution is 2.10. The van der Waals surface area contributed by atoms with Gasteiger partial charge in [0.05, 0.1) is 12.9 Å². The fourth-order valence-corrected chi connectivity index (χ4v) is 4.42. The third-order valence-corrected chi connectivity index (χ3v) is 6.57. The third-order valence-electron chi connectivity index (χ3n) is 6.57. The molecule has 0 aliphatic rings. The molecule has 0 atom stereocenters. The van der Waals surface area contributed by atoms with Crippen LogP contribution in [0.1, 0.15) is 96.8 Å². The van der Waals surface area contributed by atoms with E-state index in [1.807, 2.05) is 0 Å². The lowest BCUT2D eigenvalue weighted by Gasteiger charge is -2.08. The number of Topliss-reactive ketones (excluding diaryl/α,β-unsaturated/α-hetero) is 1. The van der Waals surface area contributed by atoms with Crippen LogP contribution in [0.5, 0.6) is 0 Å². The van der Waals surface area contributed by atoms with E-state index in [-0.39, 0.29) is 11.2 Å². The Balaban J connectivity index is 1.50. The number of aromatic nitrogens is 4. The van der Waals surface area contributed by atoms with E-state index in [9.17, 15) is 14.4 Å². The number of hydrogen-bond donors (Lipinski definition) is 1. The van der Waals surface area contributed by atoms with Crippen LogP contribution in [0.3, 0.4) is 0 Å². The molecular weight excluding hydrogens is 430 g/mol. The first-order chi connectivity index (χ1) is 16.5. The Hall–Kier alpha value is -2.22. The Kier molecular flexibility index (Phi) is 12.9. The maximum atomic E-state index is 12.7. The van der Waals surface area contributed by atoms with Crippen molar-refractivity contribution in [1.29, 1.82) is 0 Å². The van der Waals surface area contributed by atoms with Crippen LogP contribution in [-0.2, 0) is 25.4 Å². The van der Waals surface area contributed by atoms with Gasteiger partial charge in [-0.25, -0.2) is 9.78 Å². The molecule has 8 nitrogen and oxygen atoms in total. The highest BCUT2D eigenvalue weighted by Gasteiger charge is 2.14. The Morgan fingerprint density at radius 2 is 1.50 bits per heavy atom. The van der Waals surface area contributed by atoms with Gasteiger partial charge in [-0.2, -0.15) is 0 Å². The number of fused-ring (bicyclic) bond motifs is 1. The second-order valence-electron chi connectivity index (χ2n) is 9.53. The molecule has 0 amide bonds. The van der Waals surface area contributed by atoms with Gasteiger partial charge in [0, 0.05) is 27.1 Å². The monoisotopic (exact) mass is 475 g/mol. The van der Waals surface area contributed by atoms with Gasteiger partial charge in [0.2, 0.25) is 0 Å². The molecule has 2 aromatic heterocycles. The number of aryl methyl sites for hydroxylation is 2. The molecule has 0 bridgehead atoms. The zero-order valence-electron chi connectivity index (χ0n) is 21.6. The number of hydrogen-bond acceptors (Lipinski definition) is 5. The standard InChI is InChI=1S/C26H45N5O3/c1-4-5-6-7-12-15-18-27-20-22(32)17-14-11-9-8-10-13-16-19-31-25(33)23-24(28-21-29(23)2)30(3)26(31)34/h21,27H,4-20H2,1-3H3. The number of nitrogens with zero attached hydrogens (tertiary/aromatic N) is 4. The summed E-state index contributed by atoms with van der Waals surface area (Å²) >= 11 is 0. The molecule has 0 spiro atoms. The topological polar surface area (TPSA) is 90.9 Å². The first-order valence-electron chi connectivity index (χ1n) is 13.3. The Morgan fingerprint density at radius 3 is 2.21 bits per heavy atom. The summed E-state index contributed by atoms with van der Waals surface area (Å²) in [5, 5.41) is 3.29. The molecule has 0 fully saturated rings. The van der Waals surface area contributed by atoms with E-state index in [0.29, 0.717) is 36.5 Å². The smallest absolute Gasteiger partial charge is 0.328 e. The predicted octanol–water partition coefficient (Wildman–Crippen LogP) is 4.07. The summed E-state index contributed by atoms with van der Waals surface area (Å²) in [4.78, 5) is 41.3. The second-order valence-corrected chi connectivity index (χ2v) is 9.53. The number of nitrogens with one attached hydrogen (secondary N) is 1. The van der Waals surface area contributed by atoms with Crippen LogP contribution in [0.2, 0.25) is 0 Å². The summed E-state index contributed by atoms with van der Waals surface area (Å²) in [6, 6.07) is 0. The molecule has 0 radical (unpaired) electrons. The van der Waals surface area contributed by atoms with Gasteiger partial charge in [-0.1, -0.05) is 71.1 Å². The average Bonchev–Trinajstić information content (AvgIpc) is 3.21. The molecule has 1 N–H and O–H groups in total. The molecule has 2 rings (SSSR count). The van der Waals surface area contributed by atoms with Gasteiger partial charge in [-0.15, -0.1) is 0 Å². The molecule has 0 aliphatic carbocycles. The van der Waals surface area contributed by atoms with Crippen molar-refractivity contribution in [2.75, 3.05) is 13.1 Å². The maximum absolute atomic E-state index is 12.7. The number of unbranched alkanes of at least 4 members (excludes halogenated alkanes) is 11. The maximum Gasteiger partial charge on any atom is 0.332 e. The van der Waals surface area contributed by atoms with Crippen molar-refractivity contribution < 1.29 is 4.79 Å². The summed E-state index contributed by atoms with van der Waals surface area (Å²) in [5.41, 5.74) is 0.335. The zero-order chi connectivity index (χ0) is 24.8. The van der Waals surface area contributed by atoms with Crippen molar-refractivity contribution >= 4 is 16.9 Å². The highest BCUT2D eigenvalue weighted by molar-refractivity contribution is 5.80. The summed E-state index contributed by atoms with van der Waals surface area (Å²) in [7, 11) is 3.43. The Labute approximate surface area is 203 Å². The van der Waals surface area contributed by atoms with Gasteiger partial charge in [-0.3, -0.25) is 18.7 Å². The second kappa shape index (κ2) is 15.6. The molecule has 2 aromatic rings. The van der Waals surface area contributed by atoms with Gasteiger partial charge < -0.3 is 9.88 Å². The van der Waals surface area contributed by atoms with Crippen LogP contribution < -0.4 is 16.6 Å². The van der Waals surface area contributed by atoms with Gasteiger partial charge in [0.15, 0.2) is 11.2 Å². The van der Waals surface area contributed by atoms with Crippen LogP contribution in [0, 0.1) is 0 Å². The summed E-state index contributed by atoms with van der Waals surface area (Å²) in [6.07, 6.45) is 17.1. The van der Waals surface area contributed by atoms with E-state index in [4.69, 9.17) is 0 Å². The van der Waals surface area contributed by atoms with Crippen LogP contribution in [-0.4, -0.2) is 37.6 Å². The van der Waals surface area contributed by atoms with Gasteiger partial charge in [-0.05, 0) is 25.8 Å². The summed E-state index contributed by atoms with van der Waals surface area (Å²) in [5.74, 6) is 0.323. The first-order valence-corrected chi connectivity index (χ1v) is 13.3. The van der Waals surface area contributed by atoms with Gasteiger partial charge in [0.1, 0.15) is 5.78 Å². The molecule has 0 saturated heterocycles. The molecule has 2 heterocycles. The molecule has 8 heteroatoms. The van der Waals surface area contributed by atoms with Crippen LogP contribution in [0.4, 0.5) is 0 Å². The lowest BCUT2D eigenvalue weighted by Crippen LogP contribution is -2.39. The quantitative estimate of drug-likeness (QED) is 0.309. The molecule has 0 aliphatic heterocycles. The number of carbonyl (C=O) groups excluding carboxylic acids is 1. The highest BCUT2D eigenvalue weighted by atomic mass is 16.2. The first kappa shape index (κ1) is 28.0. The lowest BCUT2D eigenvalue weighted by molar-refractivity contribution is -0.118. The van der Waals surface area contributed by atoms with E-state index in [0.717, 1.165) is 57.9 Å². The van der Waals surface area contributed by atoms with E-state index >= 15 is 0 Å². The van der Waals surface area contributed by atoms with Crippen molar-refractivity contribution in [3.63, 3.8) is 0 Å². The van der Waals surface area contributed by atoms with E-state index in [2.05, 4.69) is 17.2 Å². The number of carbonyl (C=O) groups is 1. The Bertz CT molecular complexity index is 989. The molecular formula is C26H45N5O3. The fraction of sp³-hybridized carbons (Fsp3) is 0.769. The summed E-state index contributed by atoms with van der Waals surface area (Å²) in [6.45, 7) is 4.13.